The lowest BCUT2D eigenvalue weighted by atomic mass is 9.91. The van der Waals surface area contributed by atoms with E-state index >= 15 is 0 Å². The zero-order chi connectivity index (χ0) is 13.7. The van der Waals surface area contributed by atoms with Crippen molar-refractivity contribution in [1.82, 2.24) is 4.90 Å². The summed E-state index contributed by atoms with van der Waals surface area (Å²) in [4.78, 5) is 2.21. The topological polar surface area (TPSA) is 21.7 Å². The van der Waals surface area contributed by atoms with Crippen LogP contribution in [0.1, 0.15) is 25.3 Å². The number of hydrogen-bond donors (Lipinski definition) is 0. The fraction of sp³-hybridized carbons (Fsp3) is 0.625. The molecule has 19 heavy (non-hydrogen) atoms. The van der Waals surface area contributed by atoms with Crippen molar-refractivity contribution in [3.05, 3.63) is 35.9 Å². The molecule has 0 saturated carbocycles. The normalized spacial score (nSPS) is 27.7. The van der Waals surface area contributed by atoms with Gasteiger partial charge in [0.15, 0.2) is 5.79 Å². The van der Waals surface area contributed by atoms with E-state index in [1.54, 1.807) is 0 Å². The van der Waals surface area contributed by atoms with E-state index in [0.717, 1.165) is 19.6 Å². The minimum Gasteiger partial charge on any atom is -0.350 e. The van der Waals surface area contributed by atoms with Gasteiger partial charge in [-0.15, -0.1) is 0 Å². The van der Waals surface area contributed by atoms with Crippen molar-refractivity contribution in [2.45, 2.75) is 32.2 Å². The molecule has 0 bridgehead atoms. The highest BCUT2D eigenvalue weighted by atomic mass is 16.7. The van der Waals surface area contributed by atoms with Gasteiger partial charge in [0.1, 0.15) is 0 Å². The smallest absolute Gasteiger partial charge is 0.169 e. The lowest BCUT2D eigenvalue weighted by Crippen LogP contribution is -2.48. The van der Waals surface area contributed by atoms with Crippen molar-refractivity contribution in [2.24, 2.45) is 5.92 Å². The second-order valence-electron chi connectivity index (χ2n) is 5.74. The molecule has 106 valence electrons. The summed E-state index contributed by atoms with van der Waals surface area (Å²) in [6.07, 6.45) is 2.30. The Kier molecular flexibility index (Phi) is 4.97. The molecule has 0 N–H and O–H groups in total. The summed E-state index contributed by atoms with van der Waals surface area (Å²) < 4.78 is 12.1. The van der Waals surface area contributed by atoms with E-state index in [2.05, 4.69) is 38.1 Å². The predicted molar refractivity (Wildman–Crippen MR) is 76.9 cm³/mol. The molecule has 1 aromatic rings. The maximum absolute atomic E-state index is 6.12. The monoisotopic (exact) mass is 263 g/mol. The van der Waals surface area contributed by atoms with Gasteiger partial charge in [0, 0.05) is 12.5 Å². The van der Waals surface area contributed by atoms with E-state index in [1.807, 2.05) is 18.2 Å². The molecule has 1 aliphatic rings. The summed E-state index contributed by atoms with van der Waals surface area (Å²) in [7, 11) is 4.21. The number of hydrogen-bond acceptors (Lipinski definition) is 3. The Morgan fingerprint density at radius 1 is 1.32 bits per heavy atom. The maximum Gasteiger partial charge on any atom is 0.169 e. The molecule has 1 aromatic carbocycles. The average Bonchev–Trinajstić information content (AvgIpc) is 2.40. The van der Waals surface area contributed by atoms with Crippen molar-refractivity contribution in [3.8, 4) is 0 Å². The van der Waals surface area contributed by atoms with Gasteiger partial charge in [0.05, 0.1) is 13.2 Å². The first kappa shape index (κ1) is 14.5. The summed E-state index contributed by atoms with van der Waals surface area (Å²) in [6.45, 7) is 4.51. The van der Waals surface area contributed by atoms with Gasteiger partial charge in [-0.25, -0.2) is 0 Å². The van der Waals surface area contributed by atoms with Crippen LogP contribution in [-0.2, 0) is 16.1 Å². The van der Waals surface area contributed by atoms with Gasteiger partial charge in [0.2, 0.25) is 0 Å². The second-order valence-corrected chi connectivity index (χ2v) is 5.74. The molecule has 0 spiro atoms. The number of rotatable bonds is 5. The molecule has 1 heterocycles. The van der Waals surface area contributed by atoms with Crippen molar-refractivity contribution in [3.63, 3.8) is 0 Å². The van der Waals surface area contributed by atoms with Gasteiger partial charge in [-0.05, 0) is 39.4 Å². The third kappa shape index (κ3) is 4.03. The Bertz CT molecular complexity index is 380. The summed E-state index contributed by atoms with van der Waals surface area (Å²) in [5.74, 6) is -0.0294. The van der Waals surface area contributed by atoms with Gasteiger partial charge >= 0.3 is 0 Å². The number of nitrogens with zero attached hydrogens (tertiary/aromatic N) is 1. The van der Waals surface area contributed by atoms with Gasteiger partial charge in [0.25, 0.3) is 0 Å². The Hall–Kier alpha value is -0.900. The third-order valence-electron chi connectivity index (χ3n) is 3.78. The molecular weight excluding hydrogens is 238 g/mol. The van der Waals surface area contributed by atoms with Crippen LogP contribution in [0.4, 0.5) is 0 Å². The summed E-state index contributed by atoms with van der Waals surface area (Å²) in [6, 6.07) is 10.3. The van der Waals surface area contributed by atoms with E-state index < -0.39 is 5.79 Å². The zero-order valence-electron chi connectivity index (χ0n) is 12.3. The summed E-state index contributed by atoms with van der Waals surface area (Å²) >= 11 is 0. The van der Waals surface area contributed by atoms with Crippen LogP contribution in [0.5, 0.6) is 0 Å². The van der Waals surface area contributed by atoms with Crippen LogP contribution in [0, 0.1) is 5.92 Å². The molecule has 2 unspecified atom stereocenters. The van der Waals surface area contributed by atoms with E-state index in [4.69, 9.17) is 9.47 Å². The van der Waals surface area contributed by atoms with Crippen LogP contribution in [0.3, 0.4) is 0 Å². The first-order valence-corrected chi connectivity index (χ1v) is 7.07. The standard InChI is InChI=1S/C16H25NO2/c1-16(19-13-14-8-5-4-6-9-14)15(12-17(2)3)10-7-11-18-16/h4-6,8-9,15H,7,10-13H2,1-3H3. The Balaban J connectivity index is 1.97. The van der Waals surface area contributed by atoms with E-state index in [0.29, 0.717) is 12.5 Å². The molecule has 0 aliphatic carbocycles. The SMILES string of the molecule is CN(C)CC1CCCOC1(C)OCc1ccccc1. The summed E-state index contributed by atoms with van der Waals surface area (Å²) in [5, 5.41) is 0. The molecule has 0 amide bonds. The maximum atomic E-state index is 6.12. The van der Waals surface area contributed by atoms with Gasteiger partial charge in [-0.2, -0.15) is 0 Å². The van der Waals surface area contributed by atoms with Crippen LogP contribution in [0.15, 0.2) is 30.3 Å². The van der Waals surface area contributed by atoms with Crippen molar-refractivity contribution in [1.29, 1.82) is 0 Å². The second kappa shape index (κ2) is 6.51. The van der Waals surface area contributed by atoms with Crippen LogP contribution in [0.2, 0.25) is 0 Å². The average molecular weight is 263 g/mol. The summed E-state index contributed by atoms with van der Waals surface area (Å²) in [5.41, 5.74) is 1.20. The van der Waals surface area contributed by atoms with Crippen LogP contribution >= 0.6 is 0 Å². The minimum atomic E-state index is -0.460. The molecule has 0 radical (unpaired) electrons. The number of benzene rings is 1. The molecule has 3 heteroatoms. The Labute approximate surface area is 116 Å². The first-order valence-electron chi connectivity index (χ1n) is 7.07. The van der Waals surface area contributed by atoms with Gasteiger partial charge < -0.3 is 14.4 Å². The highest BCUT2D eigenvalue weighted by molar-refractivity contribution is 5.13. The van der Waals surface area contributed by atoms with E-state index in [1.165, 1.54) is 12.0 Å². The van der Waals surface area contributed by atoms with E-state index in [9.17, 15) is 0 Å². The number of ether oxygens (including phenoxy) is 2. The predicted octanol–water partition coefficient (Wildman–Crippen LogP) is 2.91. The first-order chi connectivity index (χ1) is 9.10. The fourth-order valence-corrected chi connectivity index (χ4v) is 2.64. The van der Waals surface area contributed by atoms with Crippen molar-refractivity contribution in [2.75, 3.05) is 27.2 Å². The lowest BCUT2D eigenvalue weighted by molar-refractivity contribution is -0.280. The lowest BCUT2D eigenvalue weighted by Gasteiger charge is -2.42. The minimum absolute atomic E-state index is 0.431. The Morgan fingerprint density at radius 3 is 2.74 bits per heavy atom. The van der Waals surface area contributed by atoms with Crippen LogP contribution in [0.25, 0.3) is 0 Å². The molecule has 1 saturated heterocycles. The Morgan fingerprint density at radius 2 is 2.05 bits per heavy atom. The van der Waals surface area contributed by atoms with Crippen molar-refractivity contribution < 1.29 is 9.47 Å². The molecular formula is C16H25NO2. The van der Waals surface area contributed by atoms with Crippen LogP contribution in [-0.4, -0.2) is 37.9 Å². The highest BCUT2D eigenvalue weighted by Gasteiger charge is 2.39. The van der Waals surface area contributed by atoms with Crippen molar-refractivity contribution >= 4 is 0 Å². The van der Waals surface area contributed by atoms with Crippen LogP contribution < -0.4 is 0 Å². The molecule has 3 nitrogen and oxygen atoms in total. The van der Waals surface area contributed by atoms with Gasteiger partial charge in [-0.1, -0.05) is 30.3 Å². The molecule has 2 atom stereocenters. The van der Waals surface area contributed by atoms with E-state index in [-0.39, 0.29) is 0 Å². The fourth-order valence-electron chi connectivity index (χ4n) is 2.64. The third-order valence-corrected chi connectivity index (χ3v) is 3.78. The highest BCUT2D eigenvalue weighted by Crippen LogP contribution is 2.33. The molecule has 1 fully saturated rings. The molecule has 2 rings (SSSR count). The molecule has 1 aliphatic heterocycles. The quantitative estimate of drug-likeness (QED) is 0.815. The zero-order valence-corrected chi connectivity index (χ0v) is 12.3. The van der Waals surface area contributed by atoms with Gasteiger partial charge in [-0.3, -0.25) is 0 Å². The largest absolute Gasteiger partial charge is 0.350 e. The molecule has 0 aromatic heterocycles.